The van der Waals surface area contributed by atoms with Crippen molar-refractivity contribution in [2.24, 2.45) is 0 Å². The minimum atomic E-state index is -2.18. The fourth-order valence-electron chi connectivity index (χ4n) is 1.83. The van der Waals surface area contributed by atoms with Gasteiger partial charge in [-0.15, -0.1) is 0 Å². The lowest BCUT2D eigenvalue weighted by atomic mass is 10.1. The Kier molecular flexibility index (Phi) is 3.53. The second-order valence-electron chi connectivity index (χ2n) is 3.74. The van der Waals surface area contributed by atoms with Gasteiger partial charge in [0, 0.05) is 6.42 Å². The molecule has 2 rings (SSSR count). The average Bonchev–Trinajstić information content (AvgIpc) is 2.54. The van der Waals surface area contributed by atoms with Crippen molar-refractivity contribution in [3.8, 4) is 0 Å². The smallest absolute Gasteiger partial charge is 0.359 e. The topological polar surface area (TPSA) is 26.3 Å². The van der Waals surface area contributed by atoms with Gasteiger partial charge in [-0.05, 0) is 11.1 Å². The molecule has 0 fully saturated rings. The number of benzene rings is 1. The number of hydrogen-bond donors (Lipinski definition) is 0. The first kappa shape index (κ1) is 12.9. The molecule has 0 amide bonds. The summed E-state index contributed by atoms with van der Waals surface area (Å²) in [4.78, 5) is 11.4. The predicted molar refractivity (Wildman–Crippen MR) is 64.2 cm³/mol. The van der Waals surface area contributed by atoms with Crippen molar-refractivity contribution in [2.45, 2.75) is 22.5 Å². The Morgan fingerprint density at radius 3 is 2.65 bits per heavy atom. The van der Waals surface area contributed by atoms with Crippen molar-refractivity contribution in [3.63, 3.8) is 0 Å². The van der Waals surface area contributed by atoms with Gasteiger partial charge in [0.05, 0.1) is 0 Å². The van der Waals surface area contributed by atoms with E-state index < -0.39 is 22.0 Å². The molecule has 1 aromatic carbocycles. The Bertz CT molecular complexity index is 445. The van der Waals surface area contributed by atoms with Gasteiger partial charge in [0.15, 0.2) is 6.10 Å². The summed E-state index contributed by atoms with van der Waals surface area (Å²) < 4.78 is 16.4. The third-order valence-electron chi connectivity index (χ3n) is 2.57. The van der Waals surface area contributed by atoms with Crippen molar-refractivity contribution in [2.75, 3.05) is 0 Å². The lowest BCUT2D eigenvalue weighted by molar-refractivity contribution is -0.151. The van der Waals surface area contributed by atoms with Crippen LogP contribution in [0.1, 0.15) is 17.2 Å². The minimum absolute atomic E-state index is 0.202. The van der Waals surface area contributed by atoms with Crippen molar-refractivity contribution in [1.82, 2.24) is 0 Å². The highest BCUT2D eigenvalue weighted by atomic mass is 35.6. The van der Waals surface area contributed by atoms with Crippen LogP contribution < -0.4 is 0 Å². The first-order chi connectivity index (χ1) is 7.89. The largest absolute Gasteiger partial charge is 0.451 e. The third kappa shape index (κ3) is 2.67. The van der Waals surface area contributed by atoms with E-state index >= 15 is 0 Å². The van der Waals surface area contributed by atoms with Gasteiger partial charge < -0.3 is 4.74 Å². The Labute approximate surface area is 113 Å². The number of hydrogen-bond acceptors (Lipinski definition) is 2. The molecule has 0 saturated carbocycles. The molecule has 2 nitrogen and oxygen atoms in total. The molecule has 0 aliphatic heterocycles. The number of fused-ring (bicyclic) bond motifs is 1. The predicted octanol–water partition coefficient (Wildman–Crippen LogP) is 3.54. The molecule has 0 bridgehead atoms. The minimum Gasteiger partial charge on any atom is -0.451 e. The summed E-state index contributed by atoms with van der Waals surface area (Å²) in [5.41, 5.74) is 1.43. The quantitative estimate of drug-likeness (QED) is 0.585. The van der Waals surface area contributed by atoms with E-state index in [1.165, 1.54) is 0 Å². The summed E-state index contributed by atoms with van der Waals surface area (Å²) in [6, 6.07) is 7.02. The number of halogens is 4. The fourth-order valence-corrected chi connectivity index (χ4v) is 1.96. The Morgan fingerprint density at radius 1 is 1.35 bits per heavy atom. The molecule has 1 aromatic rings. The zero-order valence-corrected chi connectivity index (χ0v) is 10.8. The molecule has 0 N–H and O–H groups in total. The summed E-state index contributed by atoms with van der Waals surface area (Å²) in [7, 11) is 0. The zero-order valence-electron chi connectivity index (χ0n) is 8.50. The van der Waals surface area contributed by atoms with Gasteiger partial charge in [-0.25, -0.2) is 9.18 Å². The monoisotopic (exact) mass is 296 g/mol. The maximum atomic E-state index is 13.7. The van der Waals surface area contributed by atoms with Crippen LogP contribution in [0.3, 0.4) is 0 Å². The van der Waals surface area contributed by atoms with E-state index in [0.717, 1.165) is 5.56 Å². The highest BCUT2D eigenvalue weighted by molar-refractivity contribution is 6.75. The molecule has 17 heavy (non-hydrogen) atoms. The molecule has 92 valence electrons. The van der Waals surface area contributed by atoms with Crippen LogP contribution >= 0.6 is 34.8 Å². The van der Waals surface area contributed by atoms with E-state index in [1.807, 2.05) is 0 Å². The summed E-state index contributed by atoms with van der Waals surface area (Å²) in [5.74, 6) is -1.06. The molecule has 0 spiro atoms. The standard InChI is InChI=1S/C11H8Cl3FO2/c12-11(13,14)10(16)17-9-7-4-2-1-3-6(7)5-8(9)15/h1-4,8-9H,5H2. The summed E-state index contributed by atoms with van der Waals surface area (Å²) >= 11 is 16.1. The highest BCUT2D eigenvalue weighted by Crippen LogP contribution is 2.38. The van der Waals surface area contributed by atoms with Crippen molar-refractivity contribution in [3.05, 3.63) is 35.4 Å². The average molecular weight is 298 g/mol. The molecule has 0 radical (unpaired) electrons. The SMILES string of the molecule is O=C(OC1c2ccccc2CC1F)C(Cl)(Cl)Cl. The number of esters is 1. The van der Waals surface area contributed by atoms with Crippen LogP contribution in [-0.2, 0) is 16.0 Å². The lowest BCUT2D eigenvalue weighted by Gasteiger charge is -2.18. The Morgan fingerprint density at radius 2 is 2.00 bits per heavy atom. The summed E-state index contributed by atoms with van der Waals surface area (Å²) in [6.45, 7) is 0. The van der Waals surface area contributed by atoms with Gasteiger partial charge in [0.25, 0.3) is 3.79 Å². The van der Waals surface area contributed by atoms with E-state index in [9.17, 15) is 9.18 Å². The van der Waals surface area contributed by atoms with Gasteiger partial charge in [0.1, 0.15) is 6.17 Å². The zero-order chi connectivity index (χ0) is 12.6. The Hall–Kier alpha value is -0.510. The molecule has 2 unspecified atom stereocenters. The van der Waals surface area contributed by atoms with Crippen molar-refractivity contribution >= 4 is 40.8 Å². The summed E-state index contributed by atoms with van der Waals surface area (Å²) in [5, 5.41) is 0. The van der Waals surface area contributed by atoms with Crippen LogP contribution in [-0.4, -0.2) is 15.9 Å². The molecule has 0 heterocycles. The second kappa shape index (κ2) is 4.63. The molecular weight excluding hydrogens is 289 g/mol. The second-order valence-corrected chi connectivity index (χ2v) is 6.02. The van der Waals surface area contributed by atoms with Crippen LogP contribution in [0.25, 0.3) is 0 Å². The number of rotatable bonds is 1. The van der Waals surface area contributed by atoms with E-state index in [2.05, 4.69) is 0 Å². The van der Waals surface area contributed by atoms with Crippen molar-refractivity contribution < 1.29 is 13.9 Å². The number of carbonyl (C=O) groups is 1. The Balaban J connectivity index is 2.20. The van der Waals surface area contributed by atoms with E-state index in [-0.39, 0.29) is 6.42 Å². The van der Waals surface area contributed by atoms with E-state index in [4.69, 9.17) is 39.5 Å². The maximum Gasteiger partial charge on any atom is 0.359 e. The van der Waals surface area contributed by atoms with E-state index in [1.54, 1.807) is 24.3 Å². The first-order valence-electron chi connectivity index (χ1n) is 4.89. The van der Waals surface area contributed by atoms with Gasteiger partial charge >= 0.3 is 5.97 Å². The molecule has 1 aliphatic rings. The molecular formula is C11H8Cl3FO2. The van der Waals surface area contributed by atoms with Crippen LogP contribution in [0.5, 0.6) is 0 Å². The fraction of sp³-hybridized carbons (Fsp3) is 0.364. The lowest BCUT2D eigenvalue weighted by Crippen LogP contribution is -2.26. The molecule has 6 heteroatoms. The molecule has 0 aromatic heterocycles. The first-order valence-corrected chi connectivity index (χ1v) is 6.02. The number of alkyl halides is 4. The van der Waals surface area contributed by atoms with Crippen molar-refractivity contribution in [1.29, 1.82) is 0 Å². The van der Waals surface area contributed by atoms with Gasteiger partial charge in [-0.2, -0.15) is 0 Å². The molecule has 0 saturated heterocycles. The van der Waals surface area contributed by atoms with Crippen LogP contribution in [0, 0.1) is 0 Å². The maximum absolute atomic E-state index is 13.7. The number of carbonyl (C=O) groups excluding carboxylic acids is 1. The van der Waals surface area contributed by atoms with Crippen LogP contribution in [0.2, 0.25) is 0 Å². The van der Waals surface area contributed by atoms with E-state index in [0.29, 0.717) is 5.56 Å². The number of ether oxygens (including phenoxy) is 1. The van der Waals surface area contributed by atoms with Crippen LogP contribution in [0.15, 0.2) is 24.3 Å². The van der Waals surface area contributed by atoms with Gasteiger partial charge in [-0.3, -0.25) is 0 Å². The third-order valence-corrected chi connectivity index (χ3v) is 3.03. The normalized spacial score (nSPS) is 23.3. The van der Waals surface area contributed by atoms with Gasteiger partial charge in [0.2, 0.25) is 0 Å². The summed E-state index contributed by atoms with van der Waals surface area (Å²) in [6.07, 6.45) is -2.09. The van der Waals surface area contributed by atoms with Crippen LogP contribution in [0.4, 0.5) is 4.39 Å². The highest BCUT2D eigenvalue weighted by Gasteiger charge is 2.40. The van der Waals surface area contributed by atoms with Gasteiger partial charge in [-0.1, -0.05) is 59.1 Å². The molecule has 2 atom stereocenters. The molecule has 1 aliphatic carbocycles.